The van der Waals surface area contributed by atoms with Crippen LogP contribution in [0, 0.1) is 11.3 Å². The summed E-state index contributed by atoms with van der Waals surface area (Å²) in [5, 5.41) is 9.95. The molecule has 0 unspecified atom stereocenters. The Morgan fingerprint density at radius 1 is 1.14 bits per heavy atom. The number of nitrogens with zero attached hydrogens (tertiary/aromatic N) is 4. The van der Waals surface area contributed by atoms with Gasteiger partial charge in [-0.3, -0.25) is 9.79 Å². The Morgan fingerprint density at radius 2 is 1.89 bits per heavy atom. The molecule has 6 heteroatoms. The van der Waals surface area contributed by atoms with E-state index >= 15 is 0 Å². The smallest absolute Gasteiger partial charge is 0.242 e. The quantitative estimate of drug-likeness (QED) is 0.661. The maximum absolute atomic E-state index is 12.6. The van der Waals surface area contributed by atoms with Gasteiger partial charge in [-0.2, -0.15) is 5.26 Å². The van der Waals surface area contributed by atoms with E-state index in [1.165, 1.54) is 0 Å². The predicted octanol–water partition coefficient (Wildman–Crippen LogP) is 3.12. The van der Waals surface area contributed by atoms with Gasteiger partial charge in [0.1, 0.15) is 6.54 Å². The molecule has 2 heterocycles. The van der Waals surface area contributed by atoms with Crippen LogP contribution in [-0.2, 0) is 16.1 Å². The van der Waals surface area contributed by atoms with Gasteiger partial charge in [0.05, 0.1) is 30.5 Å². The van der Waals surface area contributed by atoms with Gasteiger partial charge in [-0.05, 0) is 30.3 Å². The fourth-order valence-corrected chi connectivity index (χ4v) is 3.33. The number of aromatic nitrogens is 1. The van der Waals surface area contributed by atoms with Crippen LogP contribution < -0.4 is 0 Å². The zero-order chi connectivity index (χ0) is 19.3. The number of nitriles is 1. The molecule has 3 aromatic rings. The minimum Gasteiger partial charge on any atom is -0.378 e. The van der Waals surface area contributed by atoms with E-state index in [2.05, 4.69) is 11.1 Å². The van der Waals surface area contributed by atoms with E-state index in [0.717, 1.165) is 22.2 Å². The summed E-state index contributed by atoms with van der Waals surface area (Å²) in [5.41, 5.74) is 3.34. The molecule has 28 heavy (non-hydrogen) atoms. The second-order valence-corrected chi connectivity index (χ2v) is 6.64. The molecule has 1 amide bonds. The van der Waals surface area contributed by atoms with E-state index in [4.69, 9.17) is 10.00 Å². The van der Waals surface area contributed by atoms with Gasteiger partial charge in [-0.15, -0.1) is 0 Å². The van der Waals surface area contributed by atoms with Gasteiger partial charge in [-0.25, -0.2) is 0 Å². The van der Waals surface area contributed by atoms with Crippen molar-refractivity contribution in [2.75, 3.05) is 26.3 Å². The summed E-state index contributed by atoms with van der Waals surface area (Å²) >= 11 is 0. The number of ether oxygens (including phenoxy) is 1. The topological polar surface area (TPSA) is 70.6 Å². The molecule has 0 saturated carbocycles. The maximum Gasteiger partial charge on any atom is 0.242 e. The SMILES string of the molecule is N#Cc1ccc(N=Cc2cn(CC(=O)N3CCOCC3)c3ccccc23)cc1. The van der Waals surface area contributed by atoms with Crippen LogP contribution in [0.3, 0.4) is 0 Å². The van der Waals surface area contributed by atoms with Crippen molar-refractivity contribution in [1.29, 1.82) is 5.26 Å². The van der Waals surface area contributed by atoms with Gasteiger partial charge in [0, 0.05) is 42.0 Å². The summed E-state index contributed by atoms with van der Waals surface area (Å²) in [6.07, 6.45) is 3.77. The molecule has 1 aromatic heterocycles. The van der Waals surface area contributed by atoms with E-state index in [0.29, 0.717) is 38.4 Å². The number of fused-ring (bicyclic) bond motifs is 1. The van der Waals surface area contributed by atoms with E-state index in [1.807, 2.05) is 52.1 Å². The third-order valence-electron chi connectivity index (χ3n) is 4.84. The van der Waals surface area contributed by atoms with Gasteiger partial charge in [0.25, 0.3) is 0 Å². The van der Waals surface area contributed by atoms with Crippen molar-refractivity contribution >= 4 is 28.7 Å². The largest absolute Gasteiger partial charge is 0.378 e. The van der Waals surface area contributed by atoms with E-state index in [9.17, 15) is 4.79 Å². The first-order chi connectivity index (χ1) is 13.7. The lowest BCUT2D eigenvalue weighted by Crippen LogP contribution is -2.42. The van der Waals surface area contributed by atoms with Crippen LogP contribution in [0.2, 0.25) is 0 Å². The Morgan fingerprint density at radius 3 is 2.64 bits per heavy atom. The first-order valence-corrected chi connectivity index (χ1v) is 9.22. The zero-order valence-corrected chi connectivity index (χ0v) is 15.4. The third kappa shape index (κ3) is 3.80. The Hall–Kier alpha value is -3.43. The average molecular weight is 372 g/mol. The van der Waals surface area contributed by atoms with Gasteiger partial charge in [-0.1, -0.05) is 18.2 Å². The number of para-hydroxylation sites is 1. The highest BCUT2D eigenvalue weighted by molar-refractivity contribution is 6.00. The summed E-state index contributed by atoms with van der Waals surface area (Å²) in [5.74, 6) is 0.0969. The number of benzene rings is 2. The number of rotatable bonds is 4. The number of hydrogen-bond donors (Lipinski definition) is 0. The molecule has 0 spiro atoms. The maximum atomic E-state index is 12.6. The van der Waals surface area contributed by atoms with E-state index in [-0.39, 0.29) is 5.91 Å². The van der Waals surface area contributed by atoms with Gasteiger partial charge < -0.3 is 14.2 Å². The molecule has 1 aliphatic heterocycles. The molecular weight excluding hydrogens is 352 g/mol. The summed E-state index contributed by atoms with van der Waals surface area (Å²) in [6, 6.07) is 17.2. The molecule has 2 aromatic carbocycles. The number of carbonyl (C=O) groups excluding carboxylic acids is 1. The molecular formula is C22H20N4O2. The minimum atomic E-state index is 0.0969. The Kier molecular flexibility index (Phi) is 5.18. The lowest BCUT2D eigenvalue weighted by molar-refractivity contribution is -0.135. The Labute approximate surface area is 163 Å². The van der Waals surface area contributed by atoms with Crippen LogP contribution in [0.15, 0.2) is 59.7 Å². The predicted molar refractivity (Wildman–Crippen MR) is 108 cm³/mol. The standard InChI is InChI=1S/C22H20N4O2/c23-13-17-5-7-19(8-6-17)24-14-18-15-26(21-4-2-1-3-20(18)21)16-22(27)25-9-11-28-12-10-25/h1-8,14-15H,9-12,16H2. The van der Waals surface area contributed by atoms with Crippen molar-refractivity contribution in [2.45, 2.75) is 6.54 Å². The molecule has 1 fully saturated rings. The Balaban J connectivity index is 1.59. The second-order valence-electron chi connectivity index (χ2n) is 6.64. The average Bonchev–Trinajstić information content (AvgIpc) is 3.11. The third-order valence-corrected chi connectivity index (χ3v) is 4.84. The van der Waals surface area contributed by atoms with Crippen molar-refractivity contribution in [3.8, 4) is 6.07 Å². The summed E-state index contributed by atoms with van der Waals surface area (Å²) in [7, 11) is 0. The summed E-state index contributed by atoms with van der Waals surface area (Å²) in [4.78, 5) is 19.0. The number of hydrogen-bond acceptors (Lipinski definition) is 4. The molecule has 0 bridgehead atoms. The molecule has 0 N–H and O–H groups in total. The van der Waals surface area contributed by atoms with Crippen LogP contribution in [0.4, 0.5) is 5.69 Å². The molecule has 1 aliphatic rings. The highest BCUT2D eigenvalue weighted by Crippen LogP contribution is 2.21. The number of carbonyl (C=O) groups is 1. The van der Waals surface area contributed by atoms with E-state index < -0.39 is 0 Å². The monoisotopic (exact) mass is 372 g/mol. The van der Waals surface area contributed by atoms with Crippen LogP contribution in [0.5, 0.6) is 0 Å². The highest BCUT2D eigenvalue weighted by Gasteiger charge is 2.18. The van der Waals surface area contributed by atoms with E-state index in [1.54, 1.807) is 18.3 Å². The fraction of sp³-hybridized carbons (Fsp3) is 0.227. The molecule has 0 atom stereocenters. The molecule has 140 valence electrons. The number of amides is 1. The zero-order valence-electron chi connectivity index (χ0n) is 15.4. The Bertz CT molecular complexity index is 1050. The van der Waals surface area contributed by atoms with Crippen LogP contribution in [0.1, 0.15) is 11.1 Å². The van der Waals surface area contributed by atoms with Crippen molar-refractivity contribution in [3.05, 3.63) is 65.9 Å². The van der Waals surface area contributed by atoms with Crippen LogP contribution >= 0.6 is 0 Å². The van der Waals surface area contributed by atoms with Gasteiger partial charge in [0.2, 0.25) is 5.91 Å². The normalized spacial score (nSPS) is 14.5. The summed E-state index contributed by atoms with van der Waals surface area (Å²) in [6.45, 7) is 2.78. The van der Waals surface area contributed by atoms with Crippen molar-refractivity contribution in [2.24, 2.45) is 4.99 Å². The van der Waals surface area contributed by atoms with Crippen LogP contribution in [-0.4, -0.2) is 47.9 Å². The highest BCUT2D eigenvalue weighted by atomic mass is 16.5. The number of aliphatic imine (C=N–C) groups is 1. The molecule has 6 nitrogen and oxygen atoms in total. The van der Waals surface area contributed by atoms with Crippen LogP contribution in [0.25, 0.3) is 10.9 Å². The lowest BCUT2D eigenvalue weighted by atomic mass is 10.2. The summed E-state index contributed by atoms with van der Waals surface area (Å²) < 4.78 is 7.31. The lowest BCUT2D eigenvalue weighted by Gasteiger charge is -2.27. The second kappa shape index (κ2) is 8.07. The minimum absolute atomic E-state index is 0.0969. The van der Waals surface area contributed by atoms with Crippen molar-refractivity contribution < 1.29 is 9.53 Å². The van der Waals surface area contributed by atoms with Crippen molar-refractivity contribution in [1.82, 2.24) is 9.47 Å². The van der Waals surface area contributed by atoms with Gasteiger partial charge >= 0.3 is 0 Å². The molecule has 0 aliphatic carbocycles. The fourth-order valence-electron chi connectivity index (χ4n) is 3.33. The molecule has 4 rings (SSSR count). The molecule has 0 radical (unpaired) electrons. The molecule has 1 saturated heterocycles. The first kappa shape index (κ1) is 18.0. The number of morpholine rings is 1. The van der Waals surface area contributed by atoms with Gasteiger partial charge in [0.15, 0.2) is 0 Å². The van der Waals surface area contributed by atoms with Crippen molar-refractivity contribution in [3.63, 3.8) is 0 Å². The first-order valence-electron chi connectivity index (χ1n) is 9.22.